The Balaban J connectivity index is 1.76. The number of methoxy groups -OCH3 is 2. The zero-order valence-corrected chi connectivity index (χ0v) is 14.1. The first-order valence-electron chi connectivity index (χ1n) is 7.55. The van der Waals surface area contributed by atoms with Crippen molar-refractivity contribution >= 4 is 23.1 Å². The van der Waals surface area contributed by atoms with Crippen LogP contribution in [0.2, 0.25) is 0 Å². The summed E-state index contributed by atoms with van der Waals surface area (Å²) < 4.78 is 10.5. The Bertz CT molecular complexity index is 650. The number of ether oxygens (including phenoxy) is 2. The van der Waals surface area contributed by atoms with E-state index in [0.29, 0.717) is 17.2 Å². The topological polar surface area (TPSA) is 50.8 Å². The first kappa shape index (κ1) is 15.7. The smallest absolute Gasteiger partial charge is 0.322 e. The predicted octanol–water partition coefficient (Wildman–Crippen LogP) is 4.13. The van der Waals surface area contributed by atoms with E-state index in [4.69, 9.17) is 9.47 Å². The molecule has 1 saturated heterocycles. The first-order chi connectivity index (χ1) is 11.2. The van der Waals surface area contributed by atoms with Gasteiger partial charge in [0.15, 0.2) is 0 Å². The van der Waals surface area contributed by atoms with Gasteiger partial charge in [0.2, 0.25) is 0 Å². The number of nitrogens with zero attached hydrogens (tertiary/aromatic N) is 1. The van der Waals surface area contributed by atoms with Gasteiger partial charge in [-0.05, 0) is 24.3 Å². The molecular formula is C17H20N2O3S. The Morgan fingerprint density at radius 3 is 2.61 bits per heavy atom. The van der Waals surface area contributed by atoms with E-state index in [2.05, 4.69) is 16.8 Å². The van der Waals surface area contributed by atoms with Gasteiger partial charge in [-0.1, -0.05) is 6.07 Å². The molecule has 3 rings (SSSR count). The van der Waals surface area contributed by atoms with Gasteiger partial charge in [0.05, 0.1) is 20.3 Å². The average Bonchev–Trinajstić information content (AvgIpc) is 3.24. The Labute approximate surface area is 139 Å². The van der Waals surface area contributed by atoms with Crippen molar-refractivity contribution in [3.8, 4) is 11.5 Å². The summed E-state index contributed by atoms with van der Waals surface area (Å²) in [5.41, 5.74) is 0.669. The monoisotopic (exact) mass is 332 g/mol. The molecule has 1 N–H and O–H groups in total. The molecule has 0 saturated carbocycles. The van der Waals surface area contributed by atoms with Gasteiger partial charge in [-0.3, -0.25) is 0 Å². The summed E-state index contributed by atoms with van der Waals surface area (Å²) in [5, 5.41) is 5.01. The van der Waals surface area contributed by atoms with Crippen LogP contribution in [0.5, 0.6) is 11.5 Å². The number of benzene rings is 1. The van der Waals surface area contributed by atoms with Crippen molar-refractivity contribution in [2.75, 3.05) is 26.1 Å². The lowest BCUT2D eigenvalue weighted by molar-refractivity contribution is 0.208. The van der Waals surface area contributed by atoms with E-state index in [9.17, 15) is 4.79 Å². The van der Waals surface area contributed by atoms with Crippen LogP contribution in [0, 0.1) is 0 Å². The fraction of sp³-hybridized carbons (Fsp3) is 0.353. The van der Waals surface area contributed by atoms with Gasteiger partial charge in [-0.2, -0.15) is 0 Å². The number of anilines is 1. The van der Waals surface area contributed by atoms with Gasteiger partial charge < -0.3 is 19.7 Å². The maximum absolute atomic E-state index is 12.7. The standard InChI is InChI=1S/C17H20N2O3S/c1-21-13-9-12(10-14(11-13)22-2)18-17(20)19-7-3-5-15(19)16-6-4-8-23-16/h4,6,8-11,15H,3,5,7H2,1-2H3,(H,18,20). The minimum absolute atomic E-state index is 0.0868. The summed E-state index contributed by atoms with van der Waals surface area (Å²) in [7, 11) is 3.18. The van der Waals surface area contributed by atoms with Crippen LogP contribution < -0.4 is 14.8 Å². The van der Waals surface area contributed by atoms with Crippen LogP contribution in [0.25, 0.3) is 0 Å². The van der Waals surface area contributed by atoms with Crippen molar-refractivity contribution in [2.24, 2.45) is 0 Å². The molecule has 1 aromatic carbocycles. The number of hydrogen-bond donors (Lipinski definition) is 1. The van der Waals surface area contributed by atoms with Crippen LogP contribution in [0.3, 0.4) is 0 Å². The van der Waals surface area contributed by atoms with Crippen LogP contribution in [0.4, 0.5) is 10.5 Å². The summed E-state index contributed by atoms with van der Waals surface area (Å²) in [5.74, 6) is 1.30. The maximum atomic E-state index is 12.7. The molecular weight excluding hydrogens is 312 g/mol. The third-order valence-electron chi connectivity index (χ3n) is 3.99. The number of carbonyl (C=O) groups is 1. The summed E-state index contributed by atoms with van der Waals surface area (Å²) >= 11 is 1.70. The lowest BCUT2D eigenvalue weighted by Crippen LogP contribution is -2.34. The molecule has 1 atom stereocenters. The zero-order valence-electron chi connectivity index (χ0n) is 13.2. The highest BCUT2D eigenvalue weighted by atomic mass is 32.1. The molecule has 5 nitrogen and oxygen atoms in total. The molecule has 6 heteroatoms. The highest BCUT2D eigenvalue weighted by Gasteiger charge is 2.30. The van der Waals surface area contributed by atoms with E-state index in [1.807, 2.05) is 11.0 Å². The van der Waals surface area contributed by atoms with Crippen molar-refractivity contribution in [3.63, 3.8) is 0 Å². The molecule has 0 radical (unpaired) electrons. The molecule has 122 valence electrons. The van der Waals surface area contributed by atoms with Gasteiger partial charge in [0, 0.05) is 35.3 Å². The Kier molecular flexibility index (Phi) is 4.71. The molecule has 1 aliphatic heterocycles. The molecule has 0 spiro atoms. The number of amides is 2. The van der Waals surface area contributed by atoms with Crippen molar-refractivity contribution in [1.82, 2.24) is 4.90 Å². The molecule has 0 bridgehead atoms. The van der Waals surface area contributed by atoms with Gasteiger partial charge in [-0.25, -0.2) is 4.79 Å². The molecule has 1 unspecified atom stereocenters. The molecule has 2 aromatic rings. The second-order valence-corrected chi connectivity index (χ2v) is 6.38. The van der Waals surface area contributed by atoms with E-state index in [-0.39, 0.29) is 12.1 Å². The number of likely N-dealkylation sites (tertiary alicyclic amines) is 1. The summed E-state index contributed by atoms with van der Waals surface area (Å²) in [4.78, 5) is 15.8. The summed E-state index contributed by atoms with van der Waals surface area (Å²) in [6, 6.07) is 9.56. The normalized spacial score (nSPS) is 17.1. The second kappa shape index (κ2) is 6.91. The summed E-state index contributed by atoms with van der Waals surface area (Å²) in [6.07, 6.45) is 2.03. The number of rotatable bonds is 4. The quantitative estimate of drug-likeness (QED) is 0.916. The Hall–Kier alpha value is -2.21. The Morgan fingerprint density at radius 2 is 2.00 bits per heavy atom. The van der Waals surface area contributed by atoms with Gasteiger partial charge in [0.25, 0.3) is 0 Å². The summed E-state index contributed by atoms with van der Waals surface area (Å²) in [6.45, 7) is 0.773. The van der Waals surface area contributed by atoms with Crippen molar-refractivity contribution < 1.29 is 14.3 Å². The third-order valence-corrected chi connectivity index (χ3v) is 4.96. The molecule has 0 aliphatic carbocycles. The van der Waals surface area contributed by atoms with Crippen molar-refractivity contribution in [3.05, 3.63) is 40.6 Å². The minimum atomic E-state index is -0.0868. The number of urea groups is 1. The van der Waals surface area contributed by atoms with Crippen molar-refractivity contribution in [1.29, 1.82) is 0 Å². The Morgan fingerprint density at radius 1 is 1.26 bits per heavy atom. The van der Waals surface area contributed by atoms with Gasteiger partial charge in [0.1, 0.15) is 11.5 Å². The van der Waals surface area contributed by atoms with E-state index < -0.39 is 0 Å². The van der Waals surface area contributed by atoms with E-state index in [1.54, 1.807) is 43.8 Å². The van der Waals surface area contributed by atoms with Crippen molar-refractivity contribution in [2.45, 2.75) is 18.9 Å². The number of hydrogen-bond acceptors (Lipinski definition) is 4. The van der Waals surface area contributed by atoms with Gasteiger partial charge in [-0.15, -0.1) is 11.3 Å². The zero-order chi connectivity index (χ0) is 16.2. The van der Waals surface area contributed by atoms with Gasteiger partial charge >= 0.3 is 6.03 Å². The molecule has 1 aromatic heterocycles. The molecule has 2 heterocycles. The number of nitrogens with one attached hydrogen (secondary N) is 1. The molecule has 1 fully saturated rings. The van der Waals surface area contributed by atoms with Crippen LogP contribution >= 0.6 is 11.3 Å². The number of carbonyl (C=O) groups excluding carboxylic acids is 1. The lowest BCUT2D eigenvalue weighted by Gasteiger charge is -2.24. The van der Waals surface area contributed by atoms with Crippen LogP contribution in [0.1, 0.15) is 23.8 Å². The van der Waals surface area contributed by atoms with E-state index >= 15 is 0 Å². The predicted molar refractivity (Wildman–Crippen MR) is 91.6 cm³/mol. The second-order valence-electron chi connectivity index (χ2n) is 5.40. The largest absolute Gasteiger partial charge is 0.497 e. The maximum Gasteiger partial charge on any atom is 0.322 e. The first-order valence-corrected chi connectivity index (χ1v) is 8.43. The fourth-order valence-corrected chi connectivity index (χ4v) is 3.73. The average molecular weight is 332 g/mol. The highest BCUT2D eigenvalue weighted by Crippen LogP contribution is 2.35. The molecule has 1 aliphatic rings. The fourth-order valence-electron chi connectivity index (χ4n) is 2.86. The van der Waals surface area contributed by atoms with E-state index in [0.717, 1.165) is 19.4 Å². The number of thiophene rings is 1. The van der Waals surface area contributed by atoms with Crippen LogP contribution in [0.15, 0.2) is 35.7 Å². The minimum Gasteiger partial charge on any atom is -0.497 e. The molecule has 2 amide bonds. The highest BCUT2D eigenvalue weighted by molar-refractivity contribution is 7.10. The molecule has 23 heavy (non-hydrogen) atoms. The van der Waals surface area contributed by atoms with Crippen LogP contribution in [-0.4, -0.2) is 31.7 Å². The van der Waals surface area contributed by atoms with Crippen LogP contribution in [-0.2, 0) is 0 Å². The lowest BCUT2D eigenvalue weighted by atomic mass is 10.2. The SMILES string of the molecule is COc1cc(NC(=O)N2CCCC2c2cccs2)cc(OC)c1. The third kappa shape index (κ3) is 3.42. The van der Waals surface area contributed by atoms with E-state index in [1.165, 1.54) is 4.88 Å².